The van der Waals surface area contributed by atoms with E-state index in [0.717, 1.165) is 4.47 Å². The summed E-state index contributed by atoms with van der Waals surface area (Å²) in [7, 11) is 0. The lowest BCUT2D eigenvalue weighted by molar-refractivity contribution is 0.0766. The van der Waals surface area contributed by atoms with E-state index in [1.165, 1.54) is 0 Å². The zero-order valence-corrected chi connectivity index (χ0v) is 10.3. The Morgan fingerprint density at radius 1 is 1.56 bits per heavy atom. The van der Waals surface area contributed by atoms with Crippen LogP contribution in [0.15, 0.2) is 22.7 Å². The van der Waals surface area contributed by atoms with Crippen molar-refractivity contribution in [3.8, 4) is 0 Å². The van der Waals surface area contributed by atoms with Gasteiger partial charge < -0.3 is 15.7 Å². The summed E-state index contributed by atoms with van der Waals surface area (Å²) in [5.74, 6) is -0.115. The molecule has 1 aliphatic rings. The summed E-state index contributed by atoms with van der Waals surface area (Å²) in [6.45, 7) is 0.983. The van der Waals surface area contributed by atoms with Crippen molar-refractivity contribution >= 4 is 27.5 Å². The highest BCUT2D eigenvalue weighted by Gasteiger charge is 2.26. The van der Waals surface area contributed by atoms with Crippen LogP contribution in [-0.2, 0) is 0 Å². The maximum atomic E-state index is 12.1. The van der Waals surface area contributed by atoms with Crippen LogP contribution in [0.3, 0.4) is 0 Å². The Bertz CT molecular complexity index is 422. The van der Waals surface area contributed by atoms with Crippen molar-refractivity contribution in [3.05, 3.63) is 28.2 Å². The van der Waals surface area contributed by atoms with Crippen LogP contribution in [0, 0.1) is 0 Å². The molecule has 0 saturated carbocycles. The number of hydrogen-bond acceptors (Lipinski definition) is 3. The van der Waals surface area contributed by atoms with Crippen molar-refractivity contribution < 1.29 is 9.90 Å². The van der Waals surface area contributed by atoms with Crippen molar-refractivity contribution in [2.45, 2.75) is 12.5 Å². The van der Waals surface area contributed by atoms with Gasteiger partial charge in [0, 0.05) is 23.2 Å². The van der Waals surface area contributed by atoms with Gasteiger partial charge in [-0.25, -0.2) is 0 Å². The molecule has 1 atom stereocenters. The van der Waals surface area contributed by atoms with Crippen LogP contribution >= 0.6 is 15.9 Å². The first-order chi connectivity index (χ1) is 7.58. The highest BCUT2D eigenvalue weighted by Crippen LogP contribution is 2.22. The van der Waals surface area contributed by atoms with E-state index in [-0.39, 0.29) is 5.91 Å². The van der Waals surface area contributed by atoms with E-state index in [4.69, 9.17) is 5.73 Å². The van der Waals surface area contributed by atoms with Gasteiger partial charge in [0.05, 0.1) is 11.7 Å². The fourth-order valence-corrected chi connectivity index (χ4v) is 2.17. The van der Waals surface area contributed by atoms with Gasteiger partial charge in [0.1, 0.15) is 0 Å². The van der Waals surface area contributed by atoms with Crippen molar-refractivity contribution in [1.29, 1.82) is 0 Å². The van der Waals surface area contributed by atoms with Gasteiger partial charge in [-0.05, 0) is 24.6 Å². The number of nitrogens with zero attached hydrogens (tertiary/aromatic N) is 1. The molecule has 1 aromatic carbocycles. The van der Waals surface area contributed by atoms with Gasteiger partial charge in [-0.15, -0.1) is 0 Å². The van der Waals surface area contributed by atoms with Crippen molar-refractivity contribution in [2.75, 3.05) is 18.8 Å². The minimum Gasteiger partial charge on any atom is -0.398 e. The molecule has 1 heterocycles. The third-order valence-electron chi connectivity index (χ3n) is 2.70. The number of likely N-dealkylation sites (tertiary alicyclic amines) is 1. The molecule has 0 aromatic heterocycles. The molecular weight excluding hydrogens is 272 g/mol. The van der Waals surface area contributed by atoms with Gasteiger partial charge in [-0.1, -0.05) is 15.9 Å². The molecule has 86 valence electrons. The Hall–Kier alpha value is -1.07. The van der Waals surface area contributed by atoms with Gasteiger partial charge in [0.2, 0.25) is 0 Å². The summed E-state index contributed by atoms with van der Waals surface area (Å²) in [5.41, 5.74) is 6.72. The number of nitrogens with two attached hydrogens (primary N) is 1. The van der Waals surface area contributed by atoms with Crippen LogP contribution in [0.2, 0.25) is 0 Å². The van der Waals surface area contributed by atoms with E-state index < -0.39 is 6.10 Å². The second-order valence-corrected chi connectivity index (χ2v) is 4.84. The molecule has 1 fully saturated rings. The number of nitrogen functional groups attached to an aromatic ring is 1. The highest BCUT2D eigenvalue weighted by atomic mass is 79.9. The lowest BCUT2D eigenvalue weighted by atomic mass is 10.1. The maximum Gasteiger partial charge on any atom is 0.256 e. The summed E-state index contributed by atoms with van der Waals surface area (Å²) in [5, 5.41) is 9.38. The largest absolute Gasteiger partial charge is 0.398 e. The lowest BCUT2D eigenvalue weighted by Gasteiger charge is -2.16. The van der Waals surface area contributed by atoms with E-state index in [1.54, 1.807) is 23.1 Å². The number of amides is 1. The second kappa shape index (κ2) is 4.43. The maximum absolute atomic E-state index is 12.1. The molecule has 5 heteroatoms. The smallest absolute Gasteiger partial charge is 0.256 e. The summed E-state index contributed by atoms with van der Waals surface area (Å²) < 4.78 is 0.824. The Morgan fingerprint density at radius 2 is 2.31 bits per heavy atom. The molecule has 1 aromatic rings. The first-order valence-electron chi connectivity index (χ1n) is 5.10. The van der Waals surface area contributed by atoms with Gasteiger partial charge in [-0.3, -0.25) is 4.79 Å². The molecule has 1 amide bonds. The van der Waals surface area contributed by atoms with Crippen LogP contribution in [-0.4, -0.2) is 35.1 Å². The second-order valence-electron chi connectivity index (χ2n) is 3.93. The molecule has 1 unspecified atom stereocenters. The number of aliphatic hydroxyl groups excluding tert-OH is 1. The van der Waals surface area contributed by atoms with Gasteiger partial charge in [-0.2, -0.15) is 0 Å². The fraction of sp³-hybridized carbons (Fsp3) is 0.364. The first-order valence-corrected chi connectivity index (χ1v) is 5.89. The number of rotatable bonds is 1. The van der Waals surface area contributed by atoms with E-state index in [0.29, 0.717) is 30.8 Å². The highest BCUT2D eigenvalue weighted by molar-refractivity contribution is 9.10. The summed E-state index contributed by atoms with van der Waals surface area (Å²) in [6.07, 6.45) is 0.233. The summed E-state index contributed by atoms with van der Waals surface area (Å²) in [4.78, 5) is 13.7. The molecule has 2 rings (SSSR count). The zero-order chi connectivity index (χ0) is 11.7. The number of aliphatic hydroxyl groups is 1. The molecule has 0 aliphatic carbocycles. The van der Waals surface area contributed by atoms with Crippen LogP contribution in [0.1, 0.15) is 16.8 Å². The summed E-state index contributed by atoms with van der Waals surface area (Å²) in [6, 6.07) is 5.21. The van der Waals surface area contributed by atoms with Crippen molar-refractivity contribution in [1.82, 2.24) is 4.90 Å². The van der Waals surface area contributed by atoms with Crippen LogP contribution in [0.25, 0.3) is 0 Å². The molecule has 16 heavy (non-hydrogen) atoms. The number of anilines is 1. The monoisotopic (exact) mass is 284 g/mol. The van der Waals surface area contributed by atoms with Crippen LogP contribution in [0.5, 0.6) is 0 Å². The fourth-order valence-electron chi connectivity index (χ4n) is 1.81. The standard InChI is InChI=1S/C11H13BrN2O2/c12-7-1-2-10(13)9(5-7)11(16)14-4-3-8(15)6-14/h1-2,5,8,15H,3-4,6,13H2. The average molecular weight is 285 g/mol. The molecule has 1 saturated heterocycles. The molecule has 0 spiro atoms. The van der Waals surface area contributed by atoms with Gasteiger partial charge in [0.25, 0.3) is 5.91 Å². The molecule has 4 nitrogen and oxygen atoms in total. The van der Waals surface area contributed by atoms with E-state index >= 15 is 0 Å². The minimum absolute atomic E-state index is 0.115. The van der Waals surface area contributed by atoms with E-state index in [2.05, 4.69) is 15.9 Å². The predicted octanol–water partition coefficient (Wildman–Crippen LogP) is 1.24. The molecule has 3 N–H and O–H groups in total. The zero-order valence-electron chi connectivity index (χ0n) is 8.69. The van der Waals surface area contributed by atoms with E-state index in [9.17, 15) is 9.90 Å². The Labute approximate surface area is 102 Å². The number of benzene rings is 1. The topological polar surface area (TPSA) is 66.6 Å². The molecule has 1 aliphatic heterocycles. The minimum atomic E-state index is -0.405. The number of carbonyl (C=O) groups excluding carboxylic acids is 1. The van der Waals surface area contributed by atoms with Crippen LogP contribution < -0.4 is 5.73 Å². The third kappa shape index (κ3) is 2.20. The lowest BCUT2D eigenvalue weighted by Crippen LogP contribution is -2.30. The van der Waals surface area contributed by atoms with Crippen molar-refractivity contribution in [3.63, 3.8) is 0 Å². The van der Waals surface area contributed by atoms with Crippen LogP contribution in [0.4, 0.5) is 5.69 Å². The number of carbonyl (C=O) groups is 1. The number of hydrogen-bond donors (Lipinski definition) is 2. The Morgan fingerprint density at radius 3 is 2.94 bits per heavy atom. The number of halogens is 1. The normalized spacial score (nSPS) is 20.1. The van der Waals surface area contributed by atoms with Gasteiger partial charge in [0.15, 0.2) is 0 Å². The molecule has 0 bridgehead atoms. The van der Waals surface area contributed by atoms with Crippen molar-refractivity contribution in [2.24, 2.45) is 0 Å². The van der Waals surface area contributed by atoms with E-state index in [1.807, 2.05) is 0 Å². The SMILES string of the molecule is Nc1ccc(Br)cc1C(=O)N1CCC(O)C1. The quantitative estimate of drug-likeness (QED) is 0.763. The number of β-amino-alcohol motifs (C(OH)–C–C–N with tert-alkyl or cyclic N) is 1. The van der Waals surface area contributed by atoms with Gasteiger partial charge >= 0.3 is 0 Å². The molecule has 0 radical (unpaired) electrons. The first kappa shape index (κ1) is 11.4. The Kier molecular flexibility index (Phi) is 3.16. The predicted molar refractivity (Wildman–Crippen MR) is 65.1 cm³/mol. The molecular formula is C11H13BrN2O2. The summed E-state index contributed by atoms with van der Waals surface area (Å²) >= 11 is 3.31. The third-order valence-corrected chi connectivity index (χ3v) is 3.19. The Balaban J connectivity index is 2.23. The average Bonchev–Trinajstić information content (AvgIpc) is 2.67.